The highest BCUT2D eigenvalue weighted by Crippen LogP contribution is 2.14. The maximum atomic E-state index is 12.1. The van der Waals surface area contributed by atoms with E-state index in [-0.39, 0.29) is 6.42 Å². The molecule has 0 saturated carbocycles. The molecule has 0 aliphatic heterocycles. The van der Waals surface area contributed by atoms with Gasteiger partial charge in [0.2, 0.25) is 0 Å². The number of nitrogens with zero attached hydrogens (tertiary/aromatic N) is 1. The monoisotopic (exact) mass is 415 g/mol. The summed E-state index contributed by atoms with van der Waals surface area (Å²) in [7, 11) is 5.66. The molecule has 0 saturated heterocycles. The summed E-state index contributed by atoms with van der Waals surface area (Å²) in [5.41, 5.74) is 0. The Balaban J connectivity index is 3.83. The van der Waals surface area contributed by atoms with Gasteiger partial charge in [-0.25, -0.2) is 4.79 Å². The van der Waals surface area contributed by atoms with Gasteiger partial charge in [-0.2, -0.15) is 0 Å². The SMILES string of the molecule is CCCCCCCCCCCCCCC(O)C(=O)O[C@H](CC(=O)[O-])C[N+](C)(C)C. The lowest BCUT2D eigenvalue weighted by Gasteiger charge is -2.29. The Bertz CT molecular complexity index is 433. The van der Waals surface area contributed by atoms with Crippen LogP contribution in [0.3, 0.4) is 0 Å². The van der Waals surface area contributed by atoms with Crippen LogP contribution in [0.2, 0.25) is 0 Å². The molecule has 0 aliphatic rings. The maximum absolute atomic E-state index is 12.1. The number of hydrogen-bond acceptors (Lipinski definition) is 5. The third-order valence-corrected chi connectivity index (χ3v) is 5.03. The number of carboxylic acids is 1. The Morgan fingerprint density at radius 1 is 0.862 bits per heavy atom. The van der Waals surface area contributed by atoms with E-state index in [0.29, 0.717) is 17.4 Å². The number of aliphatic carboxylic acids is 1. The van der Waals surface area contributed by atoms with Crippen molar-refractivity contribution in [2.75, 3.05) is 27.7 Å². The first kappa shape index (κ1) is 27.9. The fourth-order valence-corrected chi connectivity index (χ4v) is 3.48. The number of ether oxygens (including phenoxy) is 1. The first-order chi connectivity index (χ1) is 13.7. The summed E-state index contributed by atoms with van der Waals surface area (Å²) in [5.74, 6) is -1.99. The third kappa shape index (κ3) is 18.6. The number of aliphatic hydroxyl groups is 1. The van der Waals surface area contributed by atoms with Crippen LogP contribution in [-0.2, 0) is 14.3 Å². The molecule has 1 N–H and O–H groups in total. The van der Waals surface area contributed by atoms with Crippen LogP contribution in [-0.4, -0.2) is 61.4 Å². The number of esters is 1. The van der Waals surface area contributed by atoms with Crippen molar-refractivity contribution < 1.29 is 29.0 Å². The molecule has 0 bridgehead atoms. The van der Waals surface area contributed by atoms with Gasteiger partial charge >= 0.3 is 5.97 Å². The van der Waals surface area contributed by atoms with E-state index in [1.807, 2.05) is 21.1 Å². The van der Waals surface area contributed by atoms with E-state index in [0.717, 1.165) is 19.3 Å². The summed E-state index contributed by atoms with van der Waals surface area (Å²) < 4.78 is 5.69. The van der Waals surface area contributed by atoms with Crippen molar-refractivity contribution >= 4 is 11.9 Å². The molecule has 0 aromatic rings. The number of carbonyl (C=O) groups excluding carboxylic acids is 2. The first-order valence-corrected chi connectivity index (χ1v) is 11.5. The van der Waals surface area contributed by atoms with Gasteiger partial charge in [-0.05, 0) is 6.42 Å². The second kappa shape index (κ2) is 16.6. The topological polar surface area (TPSA) is 86.7 Å². The summed E-state index contributed by atoms with van der Waals surface area (Å²) in [6.07, 6.45) is 12.7. The van der Waals surface area contributed by atoms with Gasteiger partial charge in [-0.3, -0.25) is 0 Å². The van der Waals surface area contributed by atoms with Gasteiger partial charge in [0.1, 0.15) is 6.54 Å². The van der Waals surface area contributed by atoms with Crippen LogP contribution >= 0.6 is 0 Å². The molecule has 29 heavy (non-hydrogen) atoms. The highest BCUT2D eigenvalue weighted by atomic mass is 16.6. The molecule has 2 atom stereocenters. The average Bonchev–Trinajstić information content (AvgIpc) is 2.60. The minimum Gasteiger partial charge on any atom is -0.550 e. The lowest BCUT2D eigenvalue weighted by molar-refractivity contribution is -0.873. The Morgan fingerprint density at radius 2 is 1.31 bits per heavy atom. The molecule has 0 aliphatic carbocycles. The maximum Gasteiger partial charge on any atom is 0.335 e. The number of aliphatic hydroxyl groups excluding tert-OH is 1. The minimum atomic E-state index is -1.26. The summed E-state index contributed by atoms with van der Waals surface area (Å²) in [6, 6.07) is 0. The van der Waals surface area contributed by atoms with Crippen LogP contribution in [0.4, 0.5) is 0 Å². The summed E-state index contributed by atoms with van der Waals surface area (Å²) >= 11 is 0. The van der Waals surface area contributed by atoms with Gasteiger partial charge in [0.15, 0.2) is 12.2 Å². The van der Waals surface area contributed by atoms with Crippen molar-refractivity contribution in [3.05, 3.63) is 0 Å². The van der Waals surface area contributed by atoms with Crippen molar-refractivity contribution in [2.45, 2.75) is 109 Å². The molecule has 0 aromatic heterocycles. The van der Waals surface area contributed by atoms with Crippen LogP contribution in [0.15, 0.2) is 0 Å². The normalized spacial score (nSPS) is 13.8. The molecule has 0 amide bonds. The molecule has 0 heterocycles. The van der Waals surface area contributed by atoms with E-state index in [2.05, 4.69) is 6.92 Å². The summed E-state index contributed by atoms with van der Waals surface area (Å²) in [4.78, 5) is 22.9. The highest BCUT2D eigenvalue weighted by molar-refractivity contribution is 5.75. The molecular formula is C23H45NO5. The zero-order chi connectivity index (χ0) is 22.1. The second-order valence-electron chi connectivity index (χ2n) is 9.30. The summed E-state index contributed by atoms with van der Waals surface area (Å²) in [6.45, 7) is 2.59. The highest BCUT2D eigenvalue weighted by Gasteiger charge is 2.25. The number of hydrogen-bond donors (Lipinski definition) is 1. The van der Waals surface area contributed by atoms with Crippen molar-refractivity contribution in [1.29, 1.82) is 0 Å². The molecule has 6 heteroatoms. The second-order valence-corrected chi connectivity index (χ2v) is 9.30. The summed E-state index contributed by atoms with van der Waals surface area (Å²) in [5, 5.41) is 20.9. The van der Waals surface area contributed by atoms with Crippen molar-refractivity contribution in [3.63, 3.8) is 0 Å². The standard InChI is InChI=1S/C23H45NO5/c1-5-6-7-8-9-10-11-12-13-14-15-16-17-21(25)23(28)29-20(18-22(26)27)19-24(2,3)4/h20-21,25H,5-19H2,1-4H3/t20-,21?/m1/s1. The number of quaternary nitrogens is 1. The minimum absolute atomic E-state index is 0.352. The fraction of sp³-hybridized carbons (Fsp3) is 0.913. The predicted octanol–water partition coefficient (Wildman–Crippen LogP) is 3.20. The van der Waals surface area contributed by atoms with Crippen LogP contribution in [0.25, 0.3) is 0 Å². The van der Waals surface area contributed by atoms with E-state index >= 15 is 0 Å². The molecule has 0 radical (unpaired) electrons. The molecule has 0 fully saturated rings. The Kier molecular flexibility index (Phi) is 16.0. The molecule has 172 valence electrons. The zero-order valence-electron chi connectivity index (χ0n) is 19.3. The molecule has 0 rings (SSSR count). The quantitative estimate of drug-likeness (QED) is 0.199. The Hall–Kier alpha value is -1.14. The Morgan fingerprint density at radius 3 is 1.72 bits per heavy atom. The lowest BCUT2D eigenvalue weighted by atomic mass is 10.0. The van der Waals surface area contributed by atoms with Crippen molar-refractivity contribution in [1.82, 2.24) is 0 Å². The fourth-order valence-electron chi connectivity index (χ4n) is 3.48. The van der Waals surface area contributed by atoms with Crippen molar-refractivity contribution in [2.24, 2.45) is 0 Å². The van der Waals surface area contributed by atoms with E-state index in [1.54, 1.807) is 0 Å². The number of unbranched alkanes of at least 4 members (excludes halogenated alkanes) is 11. The molecule has 1 unspecified atom stereocenters. The predicted molar refractivity (Wildman–Crippen MR) is 114 cm³/mol. The lowest BCUT2D eigenvalue weighted by Crippen LogP contribution is -2.46. The van der Waals surface area contributed by atoms with E-state index < -0.39 is 24.1 Å². The number of carboxylic acid groups (broad SMARTS) is 1. The van der Waals surface area contributed by atoms with Crippen LogP contribution in [0.5, 0.6) is 0 Å². The van der Waals surface area contributed by atoms with Crippen LogP contribution in [0.1, 0.15) is 96.8 Å². The Labute approximate surface area is 178 Å². The van der Waals surface area contributed by atoms with E-state index in [1.165, 1.54) is 57.8 Å². The molecule has 6 nitrogen and oxygen atoms in total. The van der Waals surface area contributed by atoms with E-state index in [9.17, 15) is 19.8 Å². The van der Waals surface area contributed by atoms with Gasteiger partial charge in [0.05, 0.1) is 21.1 Å². The number of carbonyl (C=O) groups is 2. The van der Waals surface area contributed by atoms with Crippen LogP contribution < -0.4 is 5.11 Å². The molecule has 0 aromatic carbocycles. The number of rotatable bonds is 19. The third-order valence-electron chi connectivity index (χ3n) is 5.03. The van der Waals surface area contributed by atoms with Gasteiger partial charge in [-0.15, -0.1) is 0 Å². The zero-order valence-corrected chi connectivity index (χ0v) is 19.3. The number of likely N-dealkylation sites (N-methyl/N-ethyl adjacent to an activating group) is 1. The van der Waals surface area contributed by atoms with Gasteiger partial charge in [0, 0.05) is 12.4 Å². The average molecular weight is 416 g/mol. The molecular weight excluding hydrogens is 370 g/mol. The molecule has 0 spiro atoms. The van der Waals surface area contributed by atoms with E-state index in [4.69, 9.17) is 4.74 Å². The largest absolute Gasteiger partial charge is 0.550 e. The van der Waals surface area contributed by atoms with Gasteiger partial charge in [0.25, 0.3) is 0 Å². The van der Waals surface area contributed by atoms with Gasteiger partial charge in [-0.1, -0.05) is 84.0 Å². The van der Waals surface area contributed by atoms with Crippen LogP contribution in [0, 0.1) is 0 Å². The van der Waals surface area contributed by atoms with Crippen molar-refractivity contribution in [3.8, 4) is 0 Å². The smallest absolute Gasteiger partial charge is 0.335 e. The van der Waals surface area contributed by atoms with Gasteiger partial charge < -0.3 is 24.2 Å². The first-order valence-electron chi connectivity index (χ1n) is 11.5.